The number of halogens is 3. The minimum Gasteiger partial charge on any atom is -0.484 e. The minimum atomic E-state index is -0.518. The molecule has 0 unspecified atom stereocenters. The normalized spacial score (nSPS) is 10.5. The van der Waals surface area contributed by atoms with Crippen LogP contribution < -0.4 is 9.64 Å². The summed E-state index contributed by atoms with van der Waals surface area (Å²) in [7, 11) is 0. The van der Waals surface area contributed by atoms with Gasteiger partial charge in [-0.3, -0.25) is 9.69 Å². The van der Waals surface area contributed by atoms with Crippen molar-refractivity contribution in [2.45, 2.75) is 6.54 Å². The standard InChI is InChI=1S/C20H15ClF2N2O2/c21-17-4-3-5-18(23)16(17)12-25(19-6-1-2-11-24-19)20(26)13-27-15-9-7-14(22)8-10-15/h1-11H,12-13H2. The van der Waals surface area contributed by atoms with Crippen molar-refractivity contribution >= 4 is 23.3 Å². The molecule has 1 heterocycles. The van der Waals surface area contributed by atoms with Crippen LogP contribution in [0.3, 0.4) is 0 Å². The monoisotopic (exact) mass is 388 g/mol. The number of ether oxygens (including phenoxy) is 1. The average Bonchev–Trinajstić information content (AvgIpc) is 2.68. The van der Waals surface area contributed by atoms with E-state index in [1.165, 1.54) is 47.5 Å². The van der Waals surface area contributed by atoms with Gasteiger partial charge in [0.2, 0.25) is 0 Å². The zero-order chi connectivity index (χ0) is 19.2. The van der Waals surface area contributed by atoms with E-state index < -0.39 is 17.5 Å². The Hall–Kier alpha value is -2.99. The molecule has 1 amide bonds. The quantitative estimate of drug-likeness (QED) is 0.618. The van der Waals surface area contributed by atoms with Crippen LogP contribution in [-0.2, 0) is 11.3 Å². The number of hydrogen-bond donors (Lipinski definition) is 0. The SMILES string of the molecule is O=C(COc1ccc(F)cc1)N(Cc1c(F)cccc1Cl)c1ccccn1. The number of aromatic nitrogens is 1. The van der Waals surface area contributed by atoms with Gasteiger partial charge in [0.1, 0.15) is 23.2 Å². The lowest BCUT2D eigenvalue weighted by Crippen LogP contribution is -2.35. The number of rotatable bonds is 6. The Morgan fingerprint density at radius 3 is 2.48 bits per heavy atom. The predicted octanol–water partition coefficient (Wildman–Crippen LogP) is 4.63. The maximum Gasteiger partial charge on any atom is 0.266 e. The van der Waals surface area contributed by atoms with Crippen LogP contribution in [0.4, 0.5) is 14.6 Å². The van der Waals surface area contributed by atoms with Crippen molar-refractivity contribution in [3.8, 4) is 5.75 Å². The van der Waals surface area contributed by atoms with E-state index in [1.807, 2.05) is 0 Å². The third-order valence-electron chi connectivity index (χ3n) is 3.78. The average molecular weight is 389 g/mol. The van der Waals surface area contributed by atoms with Crippen LogP contribution in [0.1, 0.15) is 5.56 Å². The van der Waals surface area contributed by atoms with Crippen LogP contribution in [0.2, 0.25) is 5.02 Å². The van der Waals surface area contributed by atoms with Gasteiger partial charge in [-0.2, -0.15) is 0 Å². The van der Waals surface area contributed by atoms with E-state index in [1.54, 1.807) is 24.3 Å². The Kier molecular flexibility index (Phi) is 5.98. The molecule has 0 atom stereocenters. The number of anilines is 1. The Morgan fingerprint density at radius 1 is 1.04 bits per heavy atom. The first-order chi connectivity index (χ1) is 13.0. The number of amides is 1. The first-order valence-corrected chi connectivity index (χ1v) is 8.45. The topological polar surface area (TPSA) is 42.4 Å². The summed E-state index contributed by atoms with van der Waals surface area (Å²) in [5.74, 6) is -0.690. The van der Waals surface area contributed by atoms with Crippen molar-refractivity contribution in [1.29, 1.82) is 0 Å². The summed E-state index contributed by atoms with van der Waals surface area (Å²) in [5, 5.41) is 0.211. The van der Waals surface area contributed by atoms with Gasteiger partial charge in [-0.15, -0.1) is 0 Å². The summed E-state index contributed by atoms with van der Waals surface area (Å²) in [6.07, 6.45) is 1.53. The van der Waals surface area contributed by atoms with Crippen LogP contribution >= 0.6 is 11.6 Å². The van der Waals surface area contributed by atoms with E-state index >= 15 is 0 Å². The first kappa shape index (κ1) is 18.8. The molecule has 0 saturated carbocycles. The fourth-order valence-corrected chi connectivity index (χ4v) is 2.63. The number of nitrogens with zero attached hydrogens (tertiary/aromatic N) is 2. The lowest BCUT2D eigenvalue weighted by atomic mass is 10.2. The van der Waals surface area contributed by atoms with Gasteiger partial charge < -0.3 is 4.74 Å². The molecule has 1 aromatic heterocycles. The maximum atomic E-state index is 14.2. The highest BCUT2D eigenvalue weighted by Gasteiger charge is 2.21. The Bertz CT molecular complexity index is 901. The number of pyridine rings is 1. The van der Waals surface area contributed by atoms with Gasteiger partial charge in [0.25, 0.3) is 5.91 Å². The maximum absolute atomic E-state index is 14.2. The summed E-state index contributed by atoms with van der Waals surface area (Å²) >= 11 is 6.09. The van der Waals surface area contributed by atoms with Crippen LogP contribution in [0.5, 0.6) is 5.75 Å². The molecule has 3 rings (SSSR count). The summed E-state index contributed by atoms with van der Waals surface area (Å²) in [6.45, 7) is -0.428. The molecule has 0 aliphatic carbocycles. The molecule has 0 radical (unpaired) electrons. The van der Waals surface area contributed by atoms with Crippen molar-refractivity contribution in [2.24, 2.45) is 0 Å². The van der Waals surface area contributed by atoms with E-state index in [2.05, 4.69) is 4.98 Å². The van der Waals surface area contributed by atoms with Crippen LogP contribution in [-0.4, -0.2) is 17.5 Å². The van der Waals surface area contributed by atoms with Crippen molar-refractivity contribution in [1.82, 2.24) is 4.98 Å². The zero-order valence-electron chi connectivity index (χ0n) is 14.1. The molecule has 27 heavy (non-hydrogen) atoms. The van der Waals surface area contributed by atoms with Crippen LogP contribution in [0, 0.1) is 11.6 Å². The molecule has 138 valence electrons. The zero-order valence-corrected chi connectivity index (χ0v) is 14.9. The van der Waals surface area contributed by atoms with E-state index in [0.29, 0.717) is 11.6 Å². The van der Waals surface area contributed by atoms with Gasteiger partial charge in [0, 0.05) is 16.8 Å². The lowest BCUT2D eigenvalue weighted by Gasteiger charge is -2.22. The molecule has 0 bridgehead atoms. The number of carbonyl (C=O) groups is 1. The molecule has 0 aliphatic rings. The van der Waals surface area contributed by atoms with Gasteiger partial charge in [-0.25, -0.2) is 13.8 Å². The van der Waals surface area contributed by atoms with E-state index in [9.17, 15) is 13.6 Å². The van der Waals surface area contributed by atoms with Gasteiger partial charge in [-0.1, -0.05) is 23.7 Å². The number of carbonyl (C=O) groups excluding carboxylic acids is 1. The van der Waals surface area contributed by atoms with E-state index in [0.717, 1.165) is 0 Å². The molecule has 2 aromatic carbocycles. The van der Waals surface area contributed by atoms with Crippen molar-refractivity contribution in [2.75, 3.05) is 11.5 Å². The fraction of sp³-hybridized carbons (Fsp3) is 0.100. The van der Waals surface area contributed by atoms with Gasteiger partial charge in [0.15, 0.2) is 6.61 Å². The second kappa shape index (κ2) is 8.60. The second-order valence-electron chi connectivity index (χ2n) is 5.61. The van der Waals surface area contributed by atoms with Gasteiger partial charge in [-0.05, 0) is 48.5 Å². The fourth-order valence-electron chi connectivity index (χ4n) is 2.41. The first-order valence-electron chi connectivity index (χ1n) is 8.07. The molecular weight excluding hydrogens is 374 g/mol. The Morgan fingerprint density at radius 2 is 1.81 bits per heavy atom. The summed E-state index contributed by atoms with van der Waals surface area (Å²) < 4.78 is 32.5. The van der Waals surface area contributed by atoms with Crippen LogP contribution in [0.25, 0.3) is 0 Å². The largest absolute Gasteiger partial charge is 0.484 e. The molecule has 0 saturated heterocycles. The molecule has 0 spiro atoms. The van der Waals surface area contributed by atoms with Crippen molar-refractivity contribution < 1.29 is 18.3 Å². The highest BCUT2D eigenvalue weighted by Crippen LogP contribution is 2.23. The Balaban J connectivity index is 1.81. The minimum absolute atomic E-state index is 0.103. The van der Waals surface area contributed by atoms with Gasteiger partial charge >= 0.3 is 0 Å². The Labute approximate surface area is 160 Å². The summed E-state index contributed by atoms with van der Waals surface area (Å²) in [6, 6.07) is 14.7. The van der Waals surface area contributed by atoms with Crippen LogP contribution in [0.15, 0.2) is 66.9 Å². The third kappa shape index (κ3) is 4.80. The second-order valence-corrected chi connectivity index (χ2v) is 6.02. The molecule has 7 heteroatoms. The summed E-state index contributed by atoms with van der Waals surface area (Å²) in [4.78, 5) is 18.2. The van der Waals surface area contributed by atoms with E-state index in [-0.39, 0.29) is 23.7 Å². The molecule has 4 nitrogen and oxygen atoms in total. The lowest BCUT2D eigenvalue weighted by molar-refractivity contribution is -0.120. The molecule has 3 aromatic rings. The van der Waals surface area contributed by atoms with E-state index in [4.69, 9.17) is 16.3 Å². The molecule has 0 aliphatic heterocycles. The van der Waals surface area contributed by atoms with Crippen molar-refractivity contribution in [3.05, 3.63) is 89.1 Å². The van der Waals surface area contributed by atoms with Gasteiger partial charge in [0.05, 0.1) is 6.54 Å². The molecular formula is C20H15ClF2N2O2. The predicted molar refractivity (Wildman–Crippen MR) is 98.7 cm³/mol. The number of hydrogen-bond acceptors (Lipinski definition) is 3. The number of benzene rings is 2. The highest BCUT2D eigenvalue weighted by molar-refractivity contribution is 6.31. The third-order valence-corrected chi connectivity index (χ3v) is 4.13. The molecule has 0 N–H and O–H groups in total. The molecule has 0 fully saturated rings. The highest BCUT2D eigenvalue weighted by atomic mass is 35.5. The smallest absolute Gasteiger partial charge is 0.266 e. The van der Waals surface area contributed by atoms with Crippen molar-refractivity contribution in [3.63, 3.8) is 0 Å². The summed E-state index contributed by atoms with van der Waals surface area (Å²) in [5.41, 5.74) is 0.181.